The Morgan fingerprint density at radius 3 is 2.42 bits per heavy atom. The summed E-state index contributed by atoms with van der Waals surface area (Å²) in [6.45, 7) is -0.314. The molecule has 0 spiro atoms. The van der Waals surface area contributed by atoms with Crippen LogP contribution in [0.4, 0.5) is 8.78 Å². The molecule has 0 bridgehead atoms. The summed E-state index contributed by atoms with van der Waals surface area (Å²) < 4.78 is 30.8. The molecular weight excluding hydrogens is 464 g/mol. The third-order valence-corrected chi connectivity index (χ3v) is 6.24. The number of hydrogen-bond acceptors (Lipinski definition) is 4. The summed E-state index contributed by atoms with van der Waals surface area (Å²) >= 11 is 0. The molecule has 0 unspecified atom stereocenters. The second-order valence-corrected chi connectivity index (χ2v) is 8.50. The fourth-order valence-electron chi connectivity index (χ4n) is 4.37. The van der Waals surface area contributed by atoms with E-state index in [0.29, 0.717) is 12.0 Å². The van der Waals surface area contributed by atoms with Gasteiger partial charge in [-0.15, -0.1) is 0 Å². The molecule has 1 aromatic heterocycles. The average molecular weight is 488 g/mol. The van der Waals surface area contributed by atoms with Gasteiger partial charge in [0.25, 0.3) is 5.91 Å². The predicted octanol–water partition coefficient (Wildman–Crippen LogP) is 3.84. The Bertz CT molecular complexity index is 1460. The van der Waals surface area contributed by atoms with Gasteiger partial charge in [0.15, 0.2) is 5.84 Å². The van der Waals surface area contributed by atoms with Crippen molar-refractivity contribution in [2.45, 2.75) is 19.4 Å². The zero-order valence-corrected chi connectivity index (χ0v) is 19.5. The Balaban J connectivity index is 1.31. The van der Waals surface area contributed by atoms with Crippen molar-refractivity contribution in [1.82, 2.24) is 15.1 Å². The van der Waals surface area contributed by atoms with E-state index in [2.05, 4.69) is 32.5 Å². The molecule has 9 heteroatoms. The van der Waals surface area contributed by atoms with E-state index in [1.54, 1.807) is 12.3 Å². The molecule has 0 fully saturated rings. The van der Waals surface area contributed by atoms with Crippen molar-refractivity contribution in [3.8, 4) is 5.69 Å². The van der Waals surface area contributed by atoms with Gasteiger partial charge in [0.05, 0.1) is 5.69 Å². The smallest absolute Gasteiger partial charge is 0.251 e. The second-order valence-electron chi connectivity index (χ2n) is 8.50. The molecule has 0 atom stereocenters. The quantitative estimate of drug-likeness (QED) is 0.216. The molecule has 3 N–H and O–H groups in total. The summed E-state index contributed by atoms with van der Waals surface area (Å²) in [5.74, 6) is -2.25. The van der Waals surface area contributed by atoms with E-state index in [4.69, 9.17) is 5.73 Å². The number of carbonyl (C=O) groups excluding carboxylic acids is 1. The molecular formula is C27H23F2N5O2. The number of nitrogens with zero attached hydrogens (tertiary/aromatic N) is 3. The highest BCUT2D eigenvalue weighted by atomic mass is 19.1. The molecule has 0 radical (unpaired) electrons. The van der Waals surface area contributed by atoms with E-state index < -0.39 is 17.5 Å². The van der Waals surface area contributed by atoms with Gasteiger partial charge >= 0.3 is 0 Å². The van der Waals surface area contributed by atoms with Gasteiger partial charge in [-0.2, -0.15) is 5.10 Å². The minimum Gasteiger partial charge on any atom is -0.397 e. The summed E-state index contributed by atoms with van der Waals surface area (Å²) in [6.07, 6.45) is 5.07. The van der Waals surface area contributed by atoms with Gasteiger partial charge in [0.1, 0.15) is 18.7 Å². The standard InChI is InChI=1S/C27H23F2N5O2/c1-36-33-26(30)21-13-24(28)23(25(29)14-21)15-31-27(35)18-4-3-16-9-17-5-6-22(34-8-2-7-32-34)12-20(17)11-19(16)10-18/h2-8,10,12-14H,9,11,15H2,1H3,(H2,30,33)(H,31,35). The van der Waals surface area contributed by atoms with Crippen LogP contribution in [0.15, 0.2) is 72.1 Å². The number of amidine groups is 1. The number of benzene rings is 3. The van der Waals surface area contributed by atoms with Gasteiger partial charge in [-0.3, -0.25) is 4.79 Å². The van der Waals surface area contributed by atoms with Crippen LogP contribution in [-0.4, -0.2) is 28.6 Å². The minimum atomic E-state index is -0.838. The van der Waals surface area contributed by atoms with Gasteiger partial charge in [-0.1, -0.05) is 17.3 Å². The van der Waals surface area contributed by atoms with E-state index in [-0.39, 0.29) is 23.5 Å². The highest BCUT2D eigenvalue weighted by Crippen LogP contribution is 2.29. The van der Waals surface area contributed by atoms with Crippen molar-refractivity contribution < 1.29 is 18.4 Å². The number of nitrogens with two attached hydrogens (primary N) is 1. The van der Waals surface area contributed by atoms with E-state index in [9.17, 15) is 13.6 Å². The van der Waals surface area contributed by atoms with E-state index in [1.807, 2.05) is 35.1 Å². The Labute approximate surface area is 206 Å². The first-order valence-corrected chi connectivity index (χ1v) is 11.3. The van der Waals surface area contributed by atoms with Crippen molar-refractivity contribution in [1.29, 1.82) is 0 Å². The number of amides is 1. The average Bonchev–Trinajstić information content (AvgIpc) is 3.41. The lowest BCUT2D eigenvalue weighted by molar-refractivity contribution is 0.0950. The summed E-state index contributed by atoms with van der Waals surface area (Å²) in [4.78, 5) is 17.4. The molecule has 5 rings (SSSR count). The first-order valence-electron chi connectivity index (χ1n) is 11.3. The van der Waals surface area contributed by atoms with Crippen molar-refractivity contribution >= 4 is 11.7 Å². The number of carbonyl (C=O) groups is 1. The van der Waals surface area contributed by atoms with Crippen LogP contribution in [0.2, 0.25) is 0 Å². The lowest BCUT2D eigenvalue weighted by Gasteiger charge is -2.21. The highest BCUT2D eigenvalue weighted by molar-refractivity contribution is 5.97. The largest absolute Gasteiger partial charge is 0.397 e. The summed E-state index contributed by atoms with van der Waals surface area (Å²) in [5.41, 5.74) is 11.4. The van der Waals surface area contributed by atoms with Crippen LogP contribution in [0.25, 0.3) is 5.69 Å². The van der Waals surface area contributed by atoms with Crippen LogP contribution in [-0.2, 0) is 24.2 Å². The Morgan fingerprint density at radius 1 is 1.03 bits per heavy atom. The molecule has 36 heavy (non-hydrogen) atoms. The number of oxime groups is 1. The number of aromatic nitrogens is 2. The zero-order chi connectivity index (χ0) is 25.2. The van der Waals surface area contributed by atoms with Crippen molar-refractivity contribution in [3.63, 3.8) is 0 Å². The SMILES string of the molecule is CO/N=C(\N)c1cc(F)c(CNC(=O)c2ccc3c(c2)Cc2cc(-n4cccn4)ccc2C3)c(F)c1. The number of rotatable bonds is 6. The van der Waals surface area contributed by atoms with E-state index in [1.165, 1.54) is 18.2 Å². The van der Waals surface area contributed by atoms with Crippen molar-refractivity contribution in [2.75, 3.05) is 7.11 Å². The van der Waals surface area contributed by atoms with Crippen LogP contribution in [0.5, 0.6) is 0 Å². The van der Waals surface area contributed by atoms with Crippen molar-refractivity contribution in [2.24, 2.45) is 10.9 Å². The molecule has 7 nitrogen and oxygen atoms in total. The molecule has 182 valence electrons. The van der Waals surface area contributed by atoms with Crippen LogP contribution < -0.4 is 11.1 Å². The van der Waals surface area contributed by atoms with Crippen molar-refractivity contribution in [3.05, 3.63) is 118 Å². The maximum Gasteiger partial charge on any atom is 0.251 e. The van der Waals surface area contributed by atoms with Crippen LogP contribution in [0, 0.1) is 11.6 Å². The lowest BCUT2D eigenvalue weighted by Crippen LogP contribution is -2.25. The molecule has 0 aliphatic heterocycles. The number of hydrogen-bond donors (Lipinski definition) is 2. The fraction of sp³-hybridized carbons (Fsp3) is 0.148. The van der Waals surface area contributed by atoms with E-state index in [0.717, 1.165) is 35.4 Å². The van der Waals surface area contributed by atoms with Gasteiger partial charge < -0.3 is 15.9 Å². The molecule has 1 amide bonds. The van der Waals surface area contributed by atoms with E-state index >= 15 is 0 Å². The first-order chi connectivity index (χ1) is 17.4. The Hall–Kier alpha value is -4.53. The Kier molecular flexibility index (Phi) is 6.20. The lowest BCUT2D eigenvalue weighted by atomic mass is 9.85. The molecule has 1 aliphatic carbocycles. The number of halogens is 2. The Morgan fingerprint density at radius 2 is 1.72 bits per heavy atom. The third kappa shape index (κ3) is 4.55. The van der Waals surface area contributed by atoms with Gasteiger partial charge in [-0.25, -0.2) is 13.5 Å². The van der Waals surface area contributed by atoms with Gasteiger partial charge in [-0.05, 0) is 77.6 Å². The number of fused-ring (bicyclic) bond motifs is 2. The molecule has 4 aromatic rings. The summed E-state index contributed by atoms with van der Waals surface area (Å²) in [7, 11) is 1.28. The predicted molar refractivity (Wildman–Crippen MR) is 131 cm³/mol. The van der Waals surface area contributed by atoms with Gasteiger partial charge in [0, 0.05) is 35.6 Å². The molecule has 1 heterocycles. The van der Waals surface area contributed by atoms with Crippen LogP contribution in [0.1, 0.15) is 43.7 Å². The topological polar surface area (TPSA) is 94.5 Å². The highest BCUT2D eigenvalue weighted by Gasteiger charge is 2.19. The maximum absolute atomic E-state index is 14.5. The van der Waals surface area contributed by atoms with Crippen LogP contribution >= 0.6 is 0 Å². The second kappa shape index (κ2) is 9.61. The summed E-state index contributed by atoms with van der Waals surface area (Å²) in [5, 5.41) is 10.4. The minimum absolute atomic E-state index is 0.0487. The first kappa shape index (κ1) is 23.2. The normalized spacial score (nSPS) is 12.6. The maximum atomic E-state index is 14.5. The number of nitrogens with one attached hydrogen (secondary N) is 1. The van der Waals surface area contributed by atoms with Gasteiger partial charge in [0.2, 0.25) is 0 Å². The fourth-order valence-corrected chi connectivity index (χ4v) is 4.37. The molecule has 1 aliphatic rings. The van der Waals surface area contributed by atoms with Crippen LogP contribution in [0.3, 0.4) is 0 Å². The molecule has 3 aromatic carbocycles. The monoisotopic (exact) mass is 487 g/mol. The third-order valence-electron chi connectivity index (χ3n) is 6.24. The molecule has 0 saturated carbocycles. The summed E-state index contributed by atoms with van der Waals surface area (Å²) in [6, 6.07) is 15.7. The zero-order valence-electron chi connectivity index (χ0n) is 19.5. The molecule has 0 saturated heterocycles.